The highest BCUT2D eigenvalue weighted by Gasteiger charge is 2.46. The minimum atomic E-state index is -5.44. The Kier molecular flexibility index (Phi) is 4.91. The summed E-state index contributed by atoms with van der Waals surface area (Å²) < 4.78 is 59.9. The number of halogens is 4. The van der Waals surface area contributed by atoms with Crippen LogP contribution in [-0.4, -0.2) is 19.8 Å². The van der Waals surface area contributed by atoms with Crippen LogP contribution in [0.1, 0.15) is 15.9 Å². The van der Waals surface area contributed by atoms with Crippen molar-refractivity contribution in [3.63, 3.8) is 0 Å². The van der Waals surface area contributed by atoms with Crippen LogP contribution in [0.4, 0.5) is 18.9 Å². The van der Waals surface area contributed by atoms with Crippen molar-refractivity contribution in [2.75, 3.05) is 5.32 Å². The minimum Gasteiger partial charge on any atom is -0.322 e. The Labute approximate surface area is 141 Å². The molecule has 0 bridgehead atoms. The normalized spacial score (nSPS) is 12.0. The van der Waals surface area contributed by atoms with Gasteiger partial charge in [-0.2, -0.15) is 13.2 Å². The van der Waals surface area contributed by atoms with Crippen LogP contribution in [0.25, 0.3) is 0 Å². The van der Waals surface area contributed by atoms with Crippen LogP contribution in [0.2, 0.25) is 5.02 Å². The van der Waals surface area contributed by atoms with Gasteiger partial charge in [0.15, 0.2) is 0 Å². The van der Waals surface area contributed by atoms with Crippen LogP contribution >= 0.6 is 11.6 Å². The Morgan fingerprint density at radius 2 is 1.67 bits per heavy atom. The van der Waals surface area contributed by atoms with Crippen LogP contribution in [0.3, 0.4) is 0 Å². The fourth-order valence-corrected chi connectivity index (χ4v) is 2.79. The van der Waals surface area contributed by atoms with Crippen molar-refractivity contribution in [3.8, 4) is 0 Å². The first-order valence-electron chi connectivity index (χ1n) is 6.52. The molecule has 0 saturated carbocycles. The van der Waals surface area contributed by atoms with Gasteiger partial charge in [0.05, 0.1) is 4.90 Å². The highest BCUT2D eigenvalue weighted by atomic mass is 35.5. The molecule has 0 unspecified atom stereocenters. The third-order valence-corrected chi connectivity index (χ3v) is 5.16. The molecule has 2 rings (SSSR count). The predicted molar refractivity (Wildman–Crippen MR) is 83.8 cm³/mol. The molecule has 0 aliphatic carbocycles. The first-order chi connectivity index (χ1) is 11.0. The highest BCUT2D eigenvalue weighted by molar-refractivity contribution is 7.92. The van der Waals surface area contributed by atoms with Gasteiger partial charge in [-0.3, -0.25) is 4.79 Å². The van der Waals surface area contributed by atoms with Crippen molar-refractivity contribution in [3.05, 3.63) is 58.6 Å². The van der Waals surface area contributed by atoms with Crippen molar-refractivity contribution < 1.29 is 26.4 Å². The Hall–Kier alpha value is -2.06. The second kappa shape index (κ2) is 6.45. The number of amides is 1. The molecule has 2 aromatic carbocycles. The SMILES string of the molecule is Cc1c(Cl)cccc1NC(=O)c1ccc(S(=O)(=O)C(F)(F)F)cc1. The van der Waals surface area contributed by atoms with Crippen LogP contribution in [-0.2, 0) is 9.84 Å². The fourth-order valence-electron chi connectivity index (χ4n) is 1.86. The number of alkyl halides is 3. The average molecular weight is 378 g/mol. The average Bonchev–Trinajstić information content (AvgIpc) is 2.51. The van der Waals surface area contributed by atoms with Gasteiger partial charge in [-0.05, 0) is 48.9 Å². The standard InChI is InChI=1S/C15H11ClF3NO3S/c1-9-12(16)3-2-4-13(9)20-14(21)10-5-7-11(8-6-10)24(22,23)15(17,18)19/h2-8H,1H3,(H,20,21). The number of carbonyl (C=O) groups is 1. The van der Waals surface area contributed by atoms with Gasteiger partial charge < -0.3 is 5.32 Å². The zero-order chi connectivity index (χ0) is 18.1. The van der Waals surface area contributed by atoms with Crippen LogP contribution in [0, 0.1) is 6.92 Å². The monoisotopic (exact) mass is 377 g/mol. The van der Waals surface area contributed by atoms with Crippen molar-refractivity contribution in [1.82, 2.24) is 0 Å². The maximum atomic E-state index is 12.5. The number of hydrogen-bond acceptors (Lipinski definition) is 3. The molecule has 4 nitrogen and oxygen atoms in total. The van der Waals surface area contributed by atoms with E-state index >= 15 is 0 Å². The molecule has 0 fully saturated rings. The molecule has 2 aromatic rings. The maximum absolute atomic E-state index is 12.5. The molecular weight excluding hydrogens is 367 g/mol. The molecule has 0 saturated heterocycles. The van der Waals surface area contributed by atoms with E-state index in [1.54, 1.807) is 25.1 Å². The smallest absolute Gasteiger partial charge is 0.322 e. The molecule has 0 radical (unpaired) electrons. The number of rotatable bonds is 3. The molecule has 9 heteroatoms. The van der Waals surface area contributed by atoms with E-state index in [-0.39, 0.29) is 5.56 Å². The van der Waals surface area contributed by atoms with Gasteiger partial charge >= 0.3 is 5.51 Å². The first-order valence-corrected chi connectivity index (χ1v) is 8.38. The van der Waals surface area contributed by atoms with E-state index in [9.17, 15) is 26.4 Å². The summed E-state index contributed by atoms with van der Waals surface area (Å²) in [5.74, 6) is -0.601. The van der Waals surface area contributed by atoms with E-state index in [0.717, 1.165) is 24.3 Å². The zero-order valence-corrected chi connectivity index (χ0v) is 13.8. The summed E-state index contributed by atoms with van der Waals surface area (Å²) in [4.78, 5) is 11.2. The molecule has 0 spiro atoms. The lowest BCUT2D eigenvalue weighted by Gasteiger charge is -2.11. The lowest BCUT2D eigenvalue weighted by Crippen LogP contribution is -2.23. The molecule has 128 valence electrons. The van der Waals surface area contributed by atoms with Gasteiger partial charge in [-0.15, -0.1) is 0 Å². The molecule has 0 heterocycles. The minimum absolute atomic E-state index is 0.00972. The summed E-state index contributed by atoms with van der Waals surface area (Å²) in [6.07, 6.45) is 0. The number of nitrogens with one attached hydrogen (secondary N) is 1. The molecule has 0 aromatic heterocycles. The molecular formula is C15H11ClF3NO3S. The van der Waals surface area contributed by atoms with E-state index in [1.807, 2.05) is 0 Å². The summed E-state index contributed by atoms with van der Waals surface area (Å²) in [5, 5.41) is 3.00. The predicted octanol–water partition coefficient (Wildman–Crippen LogP) is 4.19. The van der Waals surface area contributed by atoms with Gasteiger partial charge in [-0.25, -0.2) is 8.42 Å². The van der Waals surface area contributed by atoms with Gasteiger partial charge in [0, 0.05) is 16.3 Å². The lowest BCUT2D eigenvalue weighted by atomic mass is 10.1. The first kappa shape index (κ1) is 18.3. The number of sulfone groups is 1. The van der Waals surface area contributed by atoms with Crippen LogP contribution < -0.4 is 5.32 Å². The van der Waals surface area contributed by atoms with Gasteiger partial charge in [-0.1, -0.05) is 17.7 Å². The van der Waals surface area contributed by atoms with E-state index in [1.165, 1.54) is 0 Å². The van der Waals surface area contributed by atoms with Crippen molar-refractivity contribution in [2.45, 2.75) is 17.3 Å². The Balaban J connectivity index is 2.25. The topological polar surface area (TPSA) is 63.2 Å². The summed E-state index contributed by atoms with van der Waals surface area (Å²) in [6, 6.07) is 8.38. The summed E-state index contributed by atoms with van der Waals surface area (Å²) >= 11 is 5.93. The number of benzene rings is 2. The molecule has 0 aliphatic rings. The second-order valence-electron chi connectivity index (χ2n) is 4.84. The third-order valence-electron chi connectivity index (χ3n) is 3.25. The summed E-state index contributed by atoms with van der Waals surface area (Å²) in [7, 11) is -5.44. The number of carbonyl (C=O) groups excluding carboxylic acids is 1. The van der Waals surface area contributed by atoms with E-state index in [0.29, 0.717) is 16.3 Å². The van der Waals surface area contributed by atoms with Crippen molar-refractivity contribution in [2.24, 2.45) is 0 Å². The van der Waals surface area contributed by atoms with Gasteiger partial charge in [0.2, 0.25) is 0 Å². The van der Waals surface area contributed by atoms with Gasteiger partial charge in [0.1, 0.15) is 0 Å². The Bertz CT molecular complexity index is 878. The second-order valence-corrected chi connectivity index (χ2v) is 7.19. The fraction of sp³-hybridized carbons (Fsp3) is 0.133. The van der Waals surface area contributed by atoms with E-state index in [2.05, 4.69) is 5.32 Å². The summed E-state index contributed by atoms with van der Waals surface area (Å²) in [6.45, 7) is 1.69. The third kappa shape index (κ3) is 3.54. The molecule has 0 aliphatic heterocycles. The Morgan fingerprint density at radius 3 is 2.21 bits per heavy atom. The van der Waals surface area contributed by atoms with Crippen LogP contribution in [0.5, 0.6) is 0 Å². The molecule has 24 heavy (non-hydrogen) atoms. The summed E-state index contributed by atoms with van der Waals surface area (Å²) in [5.41, 5.74) is -4.31. The van der Waals surface area contributed by atoms with E-state index < -0.39 is 26.1 Å². The lowest BCUT2D eigenvalue weighted by molar-refractivity contribution is -0.0436. The van der Waals surface area contributed by atoms with Crippen LogP contribution in [0.15, 0.2) is 47.4 Å². The van der Waals surface area contributed by atoms with Crippen molar-refractivity contribution >= 4 is 33.0 Å². The van der Waals surface area contributed by atoms with E-state index in [4.69, 9.17) is 11.6 Å². The van der Waals surface area contributed by atoms with Gasteiger partial charge in [0.25, 0.3) is 15.7 Å². The largest absolute Gasteiger partial charge is 0.501 e. The number of hydrogen-bond donors (Lipinski definition) is 1. The number of anilines is 1. The molecule has 0 atom stereocenters. The quantitative estimate of drug-likeness (QED) is 0.872. The molecule has 1 N–H and O–H groups in total. The van der Waals surface area contributed by atoms with Crippen molar-refractivity contribution in [1.29, 1.82) is 0 Å². The Morgan fingerprint density at radius 1 is 1.08 bits per heavy atom. The maximum Gasteiger partial charge on any atom is 0.501 e. The zero-order valence-electron chi connectivity index (χ0n) is 12.2. The molecule has 1 amide bonds. The highest BCUT2D eigenvalue weighted by Crippen LogP contribution is 2.30.